The molecule has 2 unspecified atom stereocenters. The van der Waals surface area contributed by atoms with Crippen LogP contribution in [-0.4, -0.2) is 24.8 Å². The SMILES string of the molecule is COc1ccc(COC(=O)NC2(C)C=C(C)C(N)C(C)=C2C)cc1. The van der Waals surface area contributed by atoms with Gasteiger partial charge in [0.05, 0.1) is 12.6 Å². The van der Waals surface area contributed by atoms with E-state index in [0.717, 1.165) is 28.0 Å². The molecule has 5 heteroatoms. The van der Waals surface area contributed by atoms with Gasteiger partial charge in [-0.1, -0.05) is 29.4 Å². The molecule has 1 aromatic carbocycles. The highest BCUT2D eigenvalue weighted by Gasteiger charge is 2.33. The average molecular weight is 330 g/mol. The molecule has 0 saturated heterocycles. The molecule has 1 aliphatic carbocycles. The van der Waals surface area contributed by atoms with E-state index < -0.39 is 11.6 Å². The average Bonchev–Trinajstić information content (AvgIpc) is 2.57. The third kappa shape index (κ3) is 3.79. The molecular formula is C19H26N2O3. The zero-order valence-corrected chi connectivity index (χ0v) is 15.0. The molecule has 24 heavy (non-hydrogen) atoms. The zero-order valence-electron chi connectivity index (χ0n) is 15.0. The topological polar surface area (TPSA) is 73.6 Å². The van der Waals surface area contributed by atoms with Crippen LogP contribution in [0.1, 0.15) is 33.3 Å². The maximum Gasteiger partial charge on any atom is 0.408 e. The predicted octanol–water partition coefficient (Wildman–Crippen LogP) is 3.30. The van der Waals surface area contributed by atoms with Gasteiger partial charge in [-0.25, -0.2) is 4.79 Å². The van der Waals surface area contributed by atoms with E-state index in [-0.39, 0.29) is 12.6 Å². The smallest absolute Gasteiger partial charge is 0.408 e. The summed E-state index contributed by atoms with van der Waals surface area (Å²) in [4.78, 5) is 12.2. The van der Waals surface area contributed by atoms with Crippen molar-refractivity contribution < 1.29 is 14.3 Å². The van der Waals surface area contributed by atoms with Crippen LogP contribution in [0.25, 0.3) is 0 Å². The van der Waals surface area contributed by atoms with Gasteiger partial charge in [0.1, 0.15) is 12.4 Å². The van der Waals surface area contributed by atoms with Gasteiger partial charge in [0.2, 0.25) is 0 Å². The van der Waals surface area contributed by atoms with Crippen LogP contribution in [0.5, 0.6) is 5.75 Å². The molecule has 0 aliphatic heterocycles. The second kappa shape index (κ2) is 7.09. The van der Waals surface area contributed by atoms with Gasteiger partial charge in [-0.2, -0.15) is 0 Å². The van der Waals surface area contributed by atoms with Gasteiger partial charge < -0.3 is 20.5 Å². The zero-order chi connectivity index (χ0) is 17.9. The van der Waals surface area contributed by atoms with E-state index >= 15 is 0 Å². The third-order valence-corrected chi connectivity index (χ3v) is 4.73. The first kappa shape index (κ1) is 18.1. The largest absolute Gasteiger partial charge is 0.497 e. The summed E-state index contributed by atoms with van der Waals surface area (Å²) in [6, 6.07) is 7.32. The number of amides is 1. The van der Waals surface area contributed by atoms with Crippen LogP contribution in [-0.2, 0) is 11.3 Å². The van der Waals surface area contributed by atoms with Crippen molar-refractivity contribution in [2.24, 2.45) is 5.73 Å². The third-order valence-electron chi connectivity index (χ3n) is 4.73. The maximum atomic E-state index is 12.2. The number of carbonyl (C=O) groups is 1. The Kier molecular flexibility index (Phi) is 5.34. The fourth-order valence-corrected chi connectivity index (χ4v) is 2.89. The van der Waals surface area contributed by atoms with Gasteiger partial charge in [-0.15, -0.1) is 0 Å². The molecule has 1 aliphatic rings. The minimum Gasteiger partial charge on any atom is -0.497 e. The molecule has 5 nitrogen and oxygen atoms in total. The number of hydrogen-bond donors (Lipinski definition) is 2. The van der Waals surface area contributed by atoms with E-state index in [1.807, 2.05) is 58.0 Å². The molecule has 0 saturated carbocycles. The number of nitrogens with one attached hydrogen (secondary N) is 1. The van der Waals surface area contributed by atoms with Crippen molar-refractivity contribution in [3.05, 3.63) is 52.6 Å². The van der Waals surface area contributed by atoms with Crippen molar-refractivity contribution in [1.82, 2.24) is 5.32 Å². The Morgan fingerprint density at radius 2 is 1.88 bits per heavy atom. The minimum atomic E-state index is -0.582. The Hall–Kier alpha value is -2.27. The van der Waals surface area contributed by atoms with E-state index in [1.165, 1.54) is 0 Å². The highest BCUT2D eigenvalue weighted by atomic mass is 16.5. The van der Waals surface area contributed by atoms with Crippen molar-refractivity contribution >= 4 is 6.09 Å². The van der Waals surface area contributed by atoms with Gasteiger partial charge in [-0.3, -0.25) is 0 Å². The van der Waals surface area contributed by atoms with Gasteiger partial charge in [-0.05, 0) is 51.0 Å². The molecule has 130 valence electrons. The quantitative estimate of drug-likeness (QED) is 0.831. The fourth-order valence-electron chi connectivity index (χ4n) is 2.89. The molecule has 0 spiro atoms. The Morgan fingerprint density at radius 1 is 1.25 bits per heavy atom. The summed E-state index contributed by atoms with van der Waals surface area (Å²) in [7, 11) is 1.61. The molecule has 0 radical (unpaired) electrons. The van der Waals surface area contributed by atoms with Crippen molar-refractivity contribution in [2.45, 2.75) is 45.9 Å². The van der Waals surface area contributed by atoms with E-state index in [9.17, 15) is 4.79 Å². The van der Waals surface area contributed by atoms with E-state index in [4.69, 9.17) is 15.2 Å². The number of rotatable bonds is 4. The molecule has 0 aromatic heterocycles. The van der Waals surface area contributed by atoms with Crippen LogP contribution < -0.4 is 15.8 Å². The van der Waals surface area contributed by atoms with Crippen LogP contribution in [0.15, 0.2) is 47.1 Å². The number of ether oxygens (including phenoxy) is 2. The first-order valence-electron chi connectivity index (χ1n) is 7.97. The monoisotopic (exact) mass is 330 g/mol. The van der Waals surface area contributed by atoms with Crippen LogP contribution in [0.2, 0.25) is 0 Å². The molecule has 2 rings (SSSR count). The Labute approximate surface area is 143 Å². The molecule has 0 bridgehead atoms. The first-order chi connectivity index (χ1) is 11.3. The number of methoxy groups -OCH3 is 1. The lowest BCUT2D eigenvalue weighted by Crippen LogP contribution is -2.49. The molecule has 0 heterocycles. The normalized spacial score (nSPS) is 23.6. The van der Waals surface area contributed by atoms with Crippen molar-refractivity contribution in [1.29, 1.82) is 0 Å². The minimum absolute atomic E-state index is 0.0878. The van der Waals surface area contributed by atoms with Gasteiger partial charge in [0.15, 0.2) is 0 Å². The predicted molar refractivity (Wildman–Crippen MR) is 94.8 cm³/mol. The lowest BCUT2D eigenvalue weighted by molar-refractivity contribution is 0.134. The fraction of sp³-hybridized carbons (Fsp3) is 0.421. The Bertz CT molecular complexity index is 676. The summed E-state index contributed by atoms with van der Waals surface area (Å²) in [5, 5.41) is 2.94. The lowest BCUT2D eigenvalue weighted by Gasteiger charge is -2.36. The summed E-state index contributed by atoms with van der Waals surface area (Å²) in [5.74, 6) is 0.770. The highest BCUT2D eigenvalue weighted by Crippen LogP contribution is 2.31. The second-order valence-corrected chi connectivity index (χ2v) is 6.43. The number of alkyl carbamates (subject to hydrolysis) is 1. The first-order valence-corrected chi connectivity index (χ1v) is 7.97. The summed E-state index contributed by atoms with van der Waals surface area (Å²) < 4.78 is 10.4. The van der Waals surface area contributed by atoms with Crippen molar-refractivity contribution in [2.75, 3.05) is 7.11 Å². The lowest BCUT2D eigenvalue weighted by atomic mass is 9.79. The Morgan fingerprint density at radius 3 is 2.46 bits per heavy atom. The highest BCUT2D eigenvalue weighted by molar-refractivity contribution is 5.70. The standard InChI is InChI=1S/C19H26N2O3/c1-12-10-19(4,14(3)13(2)17(12)20)21-18(22)24-11-15-6-8-16(23-5)9-7-15/h6-10,17H,11,20H2,1-5H3,(H,21,22). The summed E-state index contributed by atoms with van der Waals surface area (Å²) >= 11 is 0. The van der Waals surface area contributed by atoms with Crippen LogP contribution in [0.4, 0.5) is 4.79 Å². The number of benzene rings is 1. The van der Waals surface area contributed by atoms with Gasteiger partial charge in [0, 0.05) is 6.04 Å². The summed E-state index contributed by atoms with van der Waals surface area (Å²) in [6.45, 7) is 8.12. The molecule has 1 aromatic rings. The summed E-state index contributed by atoms with van der Waals surface area (Å²) in [6.07, 6.45) is 1.54. The van der Waals surface area contributed by atoms with Crippen molar-refractivity contribution in [3.63, 3.8) is 0 Å². The number of carbonyl (C=O) groups excluding carboxylic acids is 1. The molecule has 0 fully saturated rings. The van der Waals surface area contributed by atoms with Crippen LogP contribution in [0, 0.1) is 0 Å². The second-order valence-electron chi connectivity index (χ2n) is 6.43. The molecular weight excluding hydrogens is 304 g/mol. The Balaban J connectivity index is 2.00. The molecule has 1 amide bonds. The van der Waals surface area contributed by atoms with E-state index in [2.05, 4.69) is 5.32 Å². The van der Waals surface area contributed by atoms with Crippen LogP contribution in [0.3, 0.4) is 0 Å². The van der Waals surface area contributed by atoms with E-state index in [1.54, 1.807) is 7.11 Å². The molecule has 3 N–H and O–H groups in total. The molecule has 2 atom stereocenters. The van der Waals surface area contributed by atoms with Gasteiger partial charge in [0.25, 0.3) is 0 Å². The number of nitrogens with two attached hydrogens (primary N) is 1. The number of hydrogen-bond acceptors (Lipinski definition) is 4. The van der Waals surface area contributed by atoms with Gasteiger partial charge >= 0.3 is 6.09 Å². The van der Waals surface area contributed by atoms with E-state index in [0.29, 0.717) is 0 Å². The maximum absolute atomic E-state index is 12.2. The van der Waals surface area contributed by atoms with Crippen molar-refractivity contribution in [3.8, 4) is 5.75 Å². The van der Waals surface area contributed by atoms with Crippen LogP contribution >= 0.6 is 0 Å². The summed E-state index contributed by atoms with van der Waals surface area (Å²) in [5.41, 5.74) is 9.62.